The van der Waals surface area contributed by atoms with Crippen molar-refractivity contribution in [2.75, 3.05) is 6.61 Å². The lowest BCUT2D eigenvalue weighted by atomic mass is 9.82. The summed E-state index contributed by atoms with van der Waals surface area (Å²) in [4.78, 5) is 26.8. The molecule has 0 aromatic heterocycles. The van der Waals surface area contributed by atoms with Gasteiger partial charge in [-0.2, -0.15) is 0 Å². The molecule has 0 spiro atoms. The van der Waals surface area contributed by atoms with Crippen molar-refractivity contribution < 1.29 is 19.1 Å². The highest BCUT2D eigenvalue weighted by Gasteiger charge is 2.45. The van der Waals surface area contributed by atoms with Crippen molar-refractivity contribution in [2.24, 2.45) is 5.92 Å². The molecule has 0 N–H and O–H groups in total. The van der Waals surface area contributed by atoms with Crippen molar-refractivity contribution in [3.8, 4) is 0 Å². The van der Waals surface area contributed by atoms with E-state index in [-0.39, 0.29) is 18.6 Å². The van der Waals surface area contributed by atoms with Crippen LogP contribution in [0.5, 0.6) is 0 Å². The van der Waals surface area contributed by atoms with E-state index in [9.17, 15) is 9.59 Å². The average Bonchev–Trinajstić information content (AvgIpc) is 2.97. The molecule has 1 aliphatic carbocycles. The van der Waals surface area contributed by atoms with Gasteiger partial charge in [-0.3, -0.25) is 4.90 Å². The molecule has 0 radical (unpaired) electrons. The van der Waals surface area contributed by atoms with Crippen molar-refractivity contribution in [3.63, 3.8) is 0 Å². The van der Waals surface area contributed by atoms with Crippen LogP contribution < -0.4 is 0 Å². The van der Waals surface area contributed by atoms with Gasteiger partial charge in [-0.05, 0) is 76.7 Å². The van der Waals surface area contributed by atoms with Crippen molar-refractivity contribution in [3.05, 3.63) is 50.1 Å². The molecular weight excluding hydrogens is 478 g/mol. The molecule has 144 valence electrons. The van der Waals surface area contributed by atoms with Gasteiger partial charge in [0.1, 0.15) is 5.60 Å². The maximum Gasteiger partial charge on any atom is 0.414 e. The highest BCUT2D eigenvalue weighted by Crippen LogP contribution is 2.48. The Hall–Kier alpha value is -1.60. The molecule has 1 aromatic rings. The molecule has 7 heteroatoms. The number of carbonyl (C=O) groups is 2. The molecule has 2 atom stereocenters. The van der Waals surface area contributed by atoms with Crippen molar-refractivity contribution in [1.82, 2.24) is 4.90 Å². The molecule has 0 fully saturated rings. The highest BCUT2D eigenvalue weighted by molar-refractivity contribution is 9.13. The van der Waals surface area contributed by atoms with E-state index in [1.165, 1.54) is 4.90 Å². The number of carbonyl (C=O) groups excluding carboxylic acids is 2. The van der Waals surface area contributed by atoms with Crippen LogP contribution in [0.3, 0.4) is 0 Å². The fourth-order valence-electron chi connectivity index (χ4n) is 3.30. The zero-order valence-electron chi connectivity index (χ0n) is 15.6. The largest absolute Gasteiger partial charge is 0.463 e. The third-order valence-electron chi connectivity index (χ3n) is 4.35. The van der Waals surface area contributed by atoms with Gasteiger partial charge in [-0.25, -0.2) is 9.59 Å². The maximum atomic E-state index is 12.9. The van der Waals surface area contributed by atoms with Crippen molar-refractivity contribution in [2.45, 2.75) is 39.3 Å². The van der Waals surface area contributed by atoms with E-state index in [2.05, 4.69) is 31.9 Å². The first kappa shape index (κ1) is 20.1. The average molecular weight is 499 g/mol. The Morgan fingerprint density at radius 3 is 2.56 bits per heavy atom. The number of esters is 1. The molecular formula is C20H21Br2NO4. The molecule has 1 amide bonds. The molecule has 1 aliphatic heterocycles. The molecule has 0 bridgehead atoms. The fraction of sp³-hybridized carbons (Fsp3) is 0.400. The van der Waals surface area contributed by atoms with Crippen LogP contribution in [0.4, 0.5) is 4.79 Å². The summed E-state index contributed by atoms with van der Waals surface area (Å²) in [6.07, 6.45) is 4.99. The predicted molar refractivity (Wildman–Crippen MR) is 110 cm³/mol. The predicted octanol–water partition coefficient (Wildman–Crippen LogP) is 5.59. The summed E-state index contributed by atoms with van der Waals surface area (Å²) < 4.78 is 12.6. The zero-order valence-corrected chi connectivity index (χ0v) is 18.8. The number of rotatable bonds is 2. The van der Waals surface area contributed by atoms with Gasteiger partial charge >= 0.3 is 12.1 Å². The van der Waals surface area contributed by atoms with Crippen LogP contribution in [0.2, 0.25) is 0 Å². The van der Waals surface area contributed by atoms with E-state index in [1.807, 2.05) is 45.1 Å². The Balaban J connectivity index is 2.07. The SMILES string of the molecule is CCOC(=O)C1=CN(C(=O)OC(C)(C)C)[C@H]2c3ccc(Br)c(Br)c3C=C[C@@H]12. The summed E-state index contributed by atoms with van der Waals surface area (Å²) in [5, 5.41) is 0. The monoisotopic (exact) mass is 497 g/mol. The van der Waals surface area contributed by atoms with Gasteiger partial charge in [-0.1, -0.05) is 18.2 Å². The van der Waals surface area contributed by atoms with Crippen molar-refractivity contribution >= 4 is 50.0 Å². The first-order valence-electron chi connectivity index (χ1n) is 8.70. The summed E-state index contributed by atoms with van der Waals surface area (Å²) in [7, 11) is 0. The number of amides is 1. The minimum absolute atomic E-state index is 0.277. The molecule has 0 saturated heterocycles. The molecule has 1 heterocycles. The second kappa shape index (κ2) is 7.43. The van der Waals surface area contributed by atoms with Gasteiger partial charge in [-0.15, -0.1) is 0 Å². The van der Waals surface area contributed by atoms with Gasteiger partial charge in [0.25, 0.3) is 0 Å². The number of hydrogen-bond donors (Lipinski definition) is 0. The smallest absolute Gasteiger partial charge is 0.414 e. The van der Waals surface area contributed by atoms with Gasteiger partial charge in [0.05, 0.1) is 18.2 Å². The quantitative estimate of drug-likeness (QED) is 0.498. The number of fused-ring (bicyclic) bond motifs is 3. The van der Waals surface area contributed by atoms with Crippen LogP contribution in [-0.2, 0) is 14.3 Å². The third kappa shape index (κ3) is 3.85. The third-order valence-corrected chi connectivity index (χ3v) is 6.40. The minimum Gasteiger partial charge on any atom is -0.463 e. The zero-order chi connectivity index (χ0) is 19.9. The fourth-order valence-corrected chi connectivity index (χ4v) is 4.14. The molecule has 3 rings (SSSR count). The molecule has 2 aliphatic rings. The van der Waals surface area contributed by atoms with Gasteiger partial charge in [0, 0.05) is 21.1 Å². The summed E-state index contributed by atoms with van der Waals surface area (Å²) in [5.74, 6) is -0.694. The van der Waals surface area contributed by atoms with Crippen LogP contribution in [0.25, 0.3) is 6.08 Å². The number of halogens is 2. The maximum absolute atomic E-state index is 12.9. The van der Waals surface area contributed by atoms with E-state index >= 15 is 0 Å². The van der Waals surface area contributed by atoms with Gasteiger partial charge < -0.3 is 9.47 Å². The Morgan fingerprint density at radius 2 is 1.93 bits per heavy atom. The molecule has 1 aromatic carbocycles. The minimum atomic E-state index is -0.638. The summed E-state index contributed by atoms with van der Waals surface area (Å²) in [6.45, 7) is 7.49. The Kier molecular flexibility index (Phi) is 5.54. The summed E-state index contributed by atoms with van der Waals surface area (Å²) in [5.41, 5.74) is 1.73. The number of hydrogen-bond acceptors (Lipinski definition) is 4. The lowest BCUT2D eigenvalue weighted by Gasteiger charge is -2.33. The normalized spacial score (nSPS) is 20.7. The second-order valence-corrected chi connectivity index (χ2v) is 9.03. The Bertz CT molecular complexity index is 854. The van der Waals surface area contributed by atoms with Crippen LogP contribution in [-0.4, -0.2) is 29.2 Å². The molecule has 0 saturated carbocycles. The first-order valence-corrected chi connectivity index (χ1v) is 10.3. The van der Waals surface area contributed by atoms with E-state index < -0.39 is 17.7 Å². The van der Waals surface area contributed by atoms with Gasteiger partial charge in [0.2, 0.25) is 0 Å². The molecule has 0 unspecified atom stereocenters. The summed E-state index contributed by atoms with van der Waals surface area (Å²) >= 11 is 7.11. The number of benzene rings is 1. The van der Waals surface area contributed by atoms with E-state index in [0.29, 0.717) is 5.57 Å². The van der Waals surface area contributed by atoms with E-state index in [4.69, 9.17) is 9.47 Å². The van der Waals surface area contributed by atoms with E-state index in [1.54, 1.807) is 13.1 Å². The number of ether oxygens (including phenoxy) is 2. The van der Waals surface area contributed by atoms with Crippen molar-refractivity contribution in [1.29, 1.82) is 0 Å². The molecule has 5 nitrogen and oxygen atoms in total. The van der Waals surface area contributed by atoms with Crippen LogP contribution in [0.15, 0.2) is 38.9 Å². The standard InChI is InChI=1S/C20H21Br2NO4/c1-5-26-18(24)14-10-23(19(25)27-20(2,3)4)17-12-8-9-15(21)16(22)11(12)6-7-13(14)17/h6-10,13,17H,5H2,1-4H3/t13-,17-/m0/s1. The first-order chi connectivity index (χ1) is 12.6. The van der Waals surface area contributed by atoms with Crippen LogP contribution in [0, 0.1) is 5.92 Å². The number of nitrogens with zero attached hydrogens (tertiary/aromatic N) is 1. The topological polar surface area (TPSA) is 55.8 Å². The van der Waals surface area contributed by atoms with E-state index in [0.717, 1.165) is 20.1 Å². The second-order valence-electron chi connectivity index (χ2n) is 7.39. The lowest BCUT2D eigenvalue weighted by molar-refractivity contribution is -0.138. The summed E-state index contributed by atoms with van der Waals surface area (Å²) in [6, 6.07) is 3.53. The Morgan fingerprint density at radius 1 is 1.22 bits per heavy atom. The van der Waals surface area contributed by atoms with Crippen LogP contribution >= 0.6 is 31.9 Å². The lowest BCUT2D eigenvalue weighted by Crippen LogP contribution is -2.36. The highest BCUT2D eigenvalue weighted by atomic mass is 79.9. The Labute approximate surface area is 175 Å². The molecule has 27 heavy (non-hydrogen) atoms. The van der Waals surface area contributed by atoms with Crippen LogP contribution in [0.1, 0.15) is 44.9 Å². The van der Waals surface area contributed by atoms with Gasteiger partial charge in [0.15, 0.2) is 0 Å².